The summed E-state index contributed by atoms with van der Waals surface area (Å²) in [5.41, 5.74) is 0.252. The third kappa shape index (κ3) is 2.46. The van der Waals surface area contributed by atoms with E-state index in [4.69, 9.17) is 4.74 Å². The Hall–Kier alpha value is -0.0800. The first-order valence-electron chi connectivity index (χ1n) is 4.85. The summed E-state index contributed by atoms with van der Waals surface area (Å²) in [7, 11) is 0. The fourth-order valence-corrected chi connectivity index (χ4v) is 1.26. The summed E-state index contributed by atoms with van der Waals surface area (Å²) in [6.45, 7) is 12.0. The second kappa shape index (κ2) is 3.75. The second-order valence-corrected chi connectivity index (χ2v) is 4.73. The van der Waals surface area contributed by atoms with Crippen LogP contribution in [0.15, 0.2) is 0 Å². The van der Waals surface area contributed by atoms with Gasteiger partial charge in [0.15, 0.2) is 0 Å². The van der Waals surface area contributed by atoms with Crippen LogP contribution in [0.5, 0.6) is 0 Å². The van der Waals surface area contributed by atoms with E-state index in [-0.39, 0.29) is 5.54 Å². The van der Waals surface area contributed by atoms with Crippen molar-refractivity contribution in [3.63, 3.8) is 0 Å². The number of nitrogens with one attached hydrogen (secondary N) is 1. The maximum absolute atomic E-state index is 5.19. The number of ether oxygens (including phenoxy) is 1. The first-order chi connectivity index (χ1) is 5.52. The molecule has 1 fully saturated rings. The lowest BCUT2D eigenvalue weighted by Crippen LogP contribution is -2.54. The Kier molecular flexibility index (Phi) is 3.13. The van der Waals surface area contributed by atoms with Crippen LogP contribution in [0.1, 0.15) is 27.7 Å². The van der Waals surface area contributed by atoms with Gasteiger partial charge in [-0.3, -0.25) is 0 Å². The molecule has 0 aromatic heterocycles. The molecule has 2 heteroatoms. The lowest BCUT2D eigenvalue weighted by molar-refractivity contribution is -0.0707. The molecule has 2 nitrogen and oxygen atoms in total. The van der Waals surface area contributed by atoms with Crippen molar-refractivity contribution >= 4 is 0 Å². The van der Waals surface area contributed by atoms with Gasteiger partial charge in [-0.05, 0) is 26.3 Å². The third-order valence-electron chi connectivity index (χ3n) is 2.62. The molecule has 1 N–H and O–H groups in total. The van der Waals surface area contributed by atoms with Crippen molar-refractivity contribution in [2.24, 2.45) is 11.8 Å². The molecular weight excluding hydrogens is 150 g/mol. The predicted molar refractivity (Wildman–Crippen MR) is 51.2 cm³/mol. The Bertz CT molecular complexity index is 139. The van der Waals surface area contributed by atoms with Gasteiger partial charge in [-0.2, -0.15) is 0 Å². The van der Waals surface area contributed by atoms with Gasteiger partial charge in [-0.15, -0.1) is 0 Å². The van der Waals surface area contributed by atoms with Crippen LogP contribution < -0.4 is 5.32 Å². The molecule has 0 aliphatic carbocycles. The highest BCUT2D eigenvalue weighted by Gasteiger charge is 2.34. The minimum Gasteiger partial charge on any atom is -0.381 e. The number of hydrogen-bond acceptors (Lipinski definition) is 2. The minimum atomic E-state index is 0.252. The van der Waals surface area contributed by atoms with E-state index in [2.05, 4.69) is 33.0 Å². The zero-order valence-corrected chi connectivity index (χ0v) is 8.68. The molecule has 0 spiro atoms. The van der Waals surface area contributed by atoms with Gasteiger partial charge in [0.1, 0.15) is 0 Å². The van der Waals surface area contributed by atoms with Gasteiger partial charge >= 0.3 is 0 Å². The maximum atomic E-state index is 5.19. The molecule has 1 aliphatic heterocycles. The predicted octanol–water partition coefficient (Wildman–Crippen LogP) is 1.66. The van der Waals surface area contributed by atoms with Crippen molar-refractivity contribution in [3.8, 4) is 0 Å². The van der Waals surface area contributed by atoms with E-state index in [9.17, 15) is 0 Å². The first-order valence-corrected chi connectivity index (χ1v) is 4.85. The molecule has 1 heterocycles. The Balaban J connectivity index is 2.26. The molecule has 1 saturated heterocycles. The molecule has 1 aliphatic rings. The van der Waals surface area contributed by atoms with Gasteiger partial charge in [-0.1, -0.05) is 13.8 Å². The maximum Gasteiger partial charge on any atom is 0.0534 e. The van der Waals surface area contributed by atoms with E-state index < -0.39 is 0 Å². The average molecular weight is 171 g/mol. The van der Waals surface area contributed by atoms with Crippen LogP contribution in [-0.2, 0) is 4.74 Å². The Morgan fingerprint density at radius 3 is 2.33 bits per heavy atom. The lowest BCUT2D eigenvalue weighted by Gasteiger charge is -2.41. The molecule has 0 saturated carbocycles. The van der Waals surface area contributed by atoms with Gasteiger partial charge in [0.05, 0.1) is 13.2 Å². The number of rotatable bonds is 4. The highest BCUT2D eigenvalue weighted by atomic mass is 16.5. The average Bonchev–Trinajstić information content (AvgIpc) is 1.78. The summed E-state index contributed by atoms with van der Waals surface area (Å²) in [6, 6.07) is 0. The normalized spacial score (nSPS) is 19.8. The first kappa shape index (κ1) is 10.0. The third-order valence-corrected chi connectivity index (χ3v) is 2.62. The SMILES string of the molecule is CC(C)CNC(C)(C)C1COC1. The van der Waals surface area contributed by atoms with Gasteiger partial charge in [-0.25, -0.2) is 0 Å². The summed E-state index contributed by atoms with van der Waals surface area (Å²) >= 11 is 0. The summed E-state index contributed by atoms with van der Waals surface area (Å²) in [6.07, 6.45) is 0. The topological polar surface area (TPSA) is 21.3 Å². The molecule has 0 unspecified atom stereocenters. The van der Waals surface area contributed by atoms with Gasteiger partial charge in [0.25, 0.3) is 0 Å². The zero-order valence-electron chi connectivity index (χ0n) is 8.68. The van der Waals surface area contributed by atoms with Crippen LogP contribution in [0.4, 0.5) is 0 Å². The van der Waals surface area contributed by atoms with Crippen LogP contribution >= 0.6 is 0 Å². The van der Waals surface area contributed by atoms with Crippen molar-refractivity contribution in [3.05, 3.63) is 0 Å². The quantitative estimate of drug-likeness (QED) is 0.694. The smallest absolute Gasteiger partial charge is 0.0534 e. The number of hydrogen-bond donors (Lipinski definition) is 1. The van der Waals surface area contributed by atoms with Crippen molar-refractivity contribution < 1.29 is 4.74 Å². The molecular formula is C10H21NO. The molecule has 0 aromatic rings. The standard InChI is InChI=1S/C10H21NO/c1-8(2)5-11-10(3,4)9-6-12-7-9/h8-9,11H,5-7H2,1-4H3. The Labute approximate surface area is 75.7 Å². The van der Waals surface area contributed by atoms with E-state index in [0.29, 0.717) is 5.92 Å². The van der Waals surface area contributed by atoms with E-state index in [1.165, 1.54) is 0 Å². The summed E-state index contributed by atoms with van der Waals surface area (Å²) in [5.74, 6) is 1.43. The van der Waals surface area contributed by atoms with E-state index >= 15 is 0 Å². The molecule has 12 heavy (non-hydrogen) atoms. The van der Waals surface area contributed by atoms with Gasteiger partial charge in [0, 0.05) is 11.5 Å². The summed E-state index contributed by atoms with van der Waals surface area (Å²) < 4.78 is 5.19. The zero-order chi connectivity index (χ0) is 9.19. The fourth-order valence-electron chi connectivity index (χ4n) is 1.26. The molecule has 0 radical (unpaired) electrons. The fraction of sp³-hybridized carbons (Fsp3) is 1.00. The molecule has 1 rings (SSSR count). The lowest BCUT2D eigenvalue weighted by atomic mass is 9.85. The van der Waals surface area contributed by atoms with Gasteiger partial charge < -0.3 is 10.1 Å². The van der Waals surface area contributed by atoms with E-state index in [1.807, 2.05) is 0 Å². The second-order valence-electron chi connectivity index (χ2n) is 4.73. The van der Waals surface area contributed by atoms with Crippen LogP contribution in [0.2, 0.25) is 0 Å². The Morgan fingerprint density at radius 2 is 2.00 bits per heavy atom. The van der Waals surface area contributed by atoms with Crippen LogP contribution in [0, 0.1) is 11.8 Å². The minimum absolute atomic E-state index is 0.252. The molecule has 0 aromatic carbocycles. The van der Waals surface area contributed by atoms with E-state index in [0.717, 1.165) is 25.7 Å². The largest absolute Gasteiger partial charge is 0.381 e. The monoisotopic (exact) mass is 171 g/mol. The van der Waals surface area contributed by atoms with Crippen molar-refractivity contribution in [2.75, 3.05) is 19.8 Å². The van der Waals surface area contributed by atoms with Crippen LogP contribution in [0.3, 0.4) is 0 Å². The molecule has 0 bridgehead atoms. The van der Waals surface area contributed by atoms with Crippen molar-refractivity contribution in [1.82, 2.24) is 5.32 Å². The van der Waals surface area contributed by atoms with Crippen LogP contribution in [0.25, 0.3) is 0 Å². The molecule has 0 amide bonds. The van der Waals surface area contributed by atoms with Crippen LogP contribution in [-0.4, -0.2) is 25.3 Å². The highest BCUT2D eigenvalue weighted by Crippen LogP contribution is 2.24. The molecule has 72 valence electrons. The van der Waals surface area contributed by atoms with Crippen molar-refractivity contribution in [1.29, 1.82) is 0 Å². The highest BCUT2D eigenvalue weighted by molar-refractivity contribution is 4.89. The molecule has 0 atom stereocenters. The van der Waals surface area contributed by atoms with E-state index in [1.54, 1.807) is 0 Å². The van der Waals surface area contributed by atoms with Crippen molar-refractivity contribution in [2.45, 2.75) is 33.2 Å². The summed E-state index contributed by atoms with van der Waals surface area (Å²) in [5, 5.41) is 3.58. The van der Waals surface area contributed by atoms with Gasteiger partial charge in [0.2, 0.25) is 0 Å². The summed E-state index contributed by atoms with van der Waals surface area (Å²) in [4.78, 5) is 0. The Morgan fingerprint density at radius 1 is 1.42 bits per heavy atom.